The first kappa shape index (κ1) is 14.8. The van der Waals surface area contributed by atoms with Gasteiger partial charge in [0, 0.05) is 0 Å². The third-order valence-electron chi connectivity index (χ3n) is 3.11. The number of aliphatic carboxylic acids is 1. The topological polar surface area (TPSA) is 105 Å². The molecule has 0 bridgehead atoms. The molecule has 1 aliphatic heterocycles. The Kier molecular flexibility index (Phi) is 4.76. The molecule has 0 aromatic heterocycles. The maximum atomic E-state index is 12.0. The fourth-order valence-corrected chi connectivity index (χ4v) is 2.04. The Balaban J connectivity index is 1.80. The molecule has 1 heterocycles. The summed E-state index contributed by atoms with van der Waals surface area (Å²) in [6.07, 6.45) is 0.554. The summed E-state index contributed by atoms with van der Waals surface area (Å²) in [6.45, 7) is -0.446. The molecule has 3 N–H and O–H groups in total. The molecular weight excluding hydrogens is 276 g/mol. The molecule has 0 spiro atoms. The van der Waals surface area contributed by atoms with Crippen molar-refractivity contribution in [1.82, 2.24) is 10.6 Å². The quantitative estimate of drug-likeness (QED) is 0.682. The molecule has 0 saturated heterocycles. The number of carboxylic acids is 1. The molecule has 7 heteroatoms. The number of ether oxygens (including phenoxy) is 1. The minimum absolute atomic E-state index is 0.246. The largest absolute Gasteiger partial charge is 0.492 e. The van der Waals surface area contributed by atoms with Crippen LogP contribution in [0.5, 0.6) is 5.75 Å². The van der Waals surface area contributed by atoms with Gasteiger partial charge in [-0.15, -0.1) is 0 Å². The van der Waals surface area contributed by atoms with Crippen molar-refractivity contribution in [1.29, 1.82) is 0 Å². The van der Waals surface area contributed by atoms with Gasteiger partial charge in [0.15, 0.2) is 0 Å². The number of carbonyl (C=O) groups excluding carboxylic acids is 2. The highest BCUT2D eigenvalue weighted by Crippen LogP contribution is 2.26. The van der Waals surface area contributed by atoms with Crippen LogP contribution in [-0.4, -0.2) is 42.6 Å². The van der Waals surface area contributed by atoms with Gasteiger partial charge >= 0.3 is 5.97 Å². The second kappa shape index (κ2) is 6.74. The third-order valence-corrected chi connectivity index (χ3v) is 3.11. The summed E-state index contributed by atoms with van der Waals surface area (Å²) in [6, 6.07) is 7.49. The Bertz CT molecular complexity index is 558. The number of hydrogen-bond acceptors (Lipinski definition) is 4. The van der Waals surface area contributed by atoms with Crippen molar-refractivity contribution in [2.45, 2.75) is 6.42 Å². The number of benzene rings is 1. The van der Waals surface area contributed by atoms with E-state index in [9.17, 15) is 14.4 Å². The molecule has 21 heavy (non-hydrogen) atoms. The van der Waals surface area contributed by atoms with Crippen molar-refractivity contribution in [2.24, 2.45) is 5.92 Å². The lowest BCUT2D eigenvalue weighted by Crippen LogP contribution is -2.43. The van der Waals surface area contributed by atoms with Crippen LogP contribution in [-0.2, 0) is 20.8 Å². The van der Waals surface area contributed by atoms with Crippen molar-refractivity contribution < 1.29 is 24.2 Å². The van der Waals surface area contributed by atoms with Crippen LogP contribution in [0, 0.1) is 5.92 Å². The second-order valence-corrected chi connectivity index (χ2v) is 4.71. The molecule has 0 saturated carbocycles. The van der Waals surface area contributed by atoms with Gasteiger partial charge in [-0.2, -0.15) is 0 Å². The fourth-order valence-electron chi connectivity index (χ4n) is 2.04. The van der Waals surface area contributed by atoms with Crippen molar-refractivity contribution >= 4 is 17.8 Å². The summed E-state index contributed by atoms with van der Waals surface area (Å²) in [4.78, 5) is 33.6. The Morgan fingerprint density at radius 3 is 2.71 bits per heavy atom. The number of carbonyl (C=O) groups is 3. The first-order valence-corrected chi connectivity index (χ1v) is 6.53. The van der Waals surface area contributed by atoms with Crippen molar-refractivity contribution in [3.63, 3.8) is 0 Å². The van der Waals surface area contributed by atoms with Crippen molar-refractivity contribution in [3.8, 4) is 5.75 Å². The van der Waals surface area contributed by atoms with E-state index >= 15 is 0 Å². The van der Waals surface area contributed by atoms with Crippen molar-refractivity contribution in [3.05, 3.63) is 29.8 Å². The minimum atomic E-state index is -1.13. The van der Waals surface area contributed by atoms with Crippen LogP contribution in [0.3, 0.4) is 0 Å². The first-order valence-electron chi connectivity index (χ1n) is 6.53. The number of carboxylic acid groups (broad SMARTS) is 1. The Morgan fingerprint density at radius 1 is 1.19 bits per heavy atom. The maximum Gasteiger partial charge on any atom is 0.322 e. The number of para-hydroxylation sites is 1. The lowest BCUT2D eigenvalue weighted by Gasteiger charge is -2.24. The summed E-state index contributed by atoms with van der Waals surface area (Å²) >= 11 is 0. The third kappa shape index (κ3) is 4.20. The van der Waals surface area contributed by atoms with E-state index in [1.165, 1.54) is 0 Å². The van der Waals surface area contributed by atoms with E-state index in [0.717, 1.165) is 11.3 Å². The zero-order chi connectivity index (χ0) is 15.2. The van der Waals surface area contributed by atoms with Crippen LogP contribution in [0.4, 0.5) is 0 Å². The molecule has 1 aromatic rings. The van der Waals surface area contributed by atoms with E-state index in [2.05, 4.69) is 10.6 Å². The van der Waals surface area contributed by atoms with Gasteiger partial charge in [0.25, 0.3) is 0 Å². The fraction of sp³-hybridized carbons (Fsp3) is 0.357. The van der Waals surface area contributed by atoms with E-state index < -0.39 is 18.4 Å². The molecular formula is C14H16N2O5. The van der Waals surface area contributed by atoms with Gasteiger partial charge in [0.05, 0.1) is 12.5 Å². The Morgan fingerprint density at radius 2 is 1.95 bits per heavy atom. The molecule has 1 aliphatic rings. The van der Waals surface area contributed by atoms with Gasteiger partial charge < -0.3 is 20.5 Å². The standard InChI is InChI=1S/C14H16N2O5/c17-12(15-7-13(18)19)6-16-14(20)10-5-9-3-1-2-4-11(9)21-8-10/h1-4,10H,5-8H2,(H,15,17)(H,16,20)(H,18,19). The number of fused-ring (bicyclic) bond motifs is 1. The number of nitrogens with one attached hydrogen (secondary N) is 2. The average Bonchev–Trinajstić information content (AvgIpc) is 2.50. The monoisotopic (exact) mass is 292 g/mol. The van der Waals surface area contributed by atoms with Crippen LogP contribution in [0.2, 0.25) is 0 Å². The van der Waals surface area contributed by atoms with E-state index in [1.807, 2.05) is 24.3 Å². The number of rotatable bonds is 5. The SMILES string of the molecule is O=C(O)CNC(=O)CNC(=O)C1COc2ccccc2C1. The zero-order valence-corrected chi connectivity index (χ0v) is 11.3. The molecule has 7 nitrogen and oxygen atoms in total. The Labute approximate surface area is 121 Å². The average molecular weight is 292 g/mol. The maximum absolute atomic E-state index is 12.0. The molecule has 2 amide bonds. The van der Waals surface area contributed by atoms with Gasteiger partial charge in [-0.25, -0.2) is 0 Å². The summed E-state index contributed by atoms with van der Waals surface area (Å²) in [5.74, 6) is -1.53. The molecule has 112 valence electrons. The smallest absolute Gasteiger partial charge is 0.322 e. The van der Waals surface area contributed by atoms with Crippen LogP contribution >= 0.6 is 0 Å². The summed E-state index contributed by atoms with van der Waals surface area (Å²) in [7, 11) is 0. The van der Waals surface area contributed by atoms with Crippen LogP contribution < -0.4 is 15.4 Å². The van der Waals surface area contributed by atoms with Gasteiger partial charge in [0.1, 0.15) is 18.9 Å². The summed E-state index contributed by atoms with van der Waals surface area (Å²) in [5.41, 5.74) is 0.958. The van der Waals surface area contributed by atoms with Crippen LogP contribution in [0.25, 0.3) is 0 Å². The zero-order valence-electron chi connectivity index (χ0n) is 11.3. The molecule has 1 aromatic carbocycles. The van der Waals surface area contributed by atoms with E-state index in [4.69, 9.17) is 9.84 Å². The second-order valence-electron chi connectivity index (χ2n) is 4.71. The summed E-state index contributed by atoms with van der Waals surface area (Å²) in [5, 5.41) is 13.1. The van der Waals surface area contributed by atoms with E-state index in [0.29, 0.717) is 6.42 Å². The molecule has 0 aliphatic carbocycles. The highest BCUT2D eigenvalue weighted by molar-refractivity contribution is 5.87. The van der Waals surface area contributed by atoms with Crippen LogP contribution in [0.15, 0.2) is 24.3 Å². The molecule has 2 rings (SSSR count). The summed E-state index contributed by atoms with van der Waals surface area (Å²) < 4.78 is 5.50. The van der Waals surface area contributed by atoms with Gasteiger partial charge in [-0.3, -0.25) is 14.4 Å². The molecule has 1 atom stereocenters. The first-order chi connectivity index (χ1) is 10.1. The van der Waals surface area contributed by atoms with Gasteiger partial charge in [0.2, 0.25) is 11.8 Å². The predicted octanol–water partition coefficient (Wildman–Crippen LogP) is -0.445. The Hall–Kier alpha value is -2.57. The molecule has 1 unspecified atom stereocenters. The lowest BCUT2D eigenvalue weighted by molar-refractivity contribution is -0.137. The normalized spacial score (nSPS) is 16.3. The van der Waals surface area contributed by atoms with E-state index in [-0.39, 0.29) is 25.0 Å². The molecule has 0 radical (unpaired) electrons. The van der Waals surface area contributed by atoms with Gasteiger partial charge in [-0.1, -0.05) is 18.2 Å². The van der Waals surface area contributed by atoms with E-state index in [1.54, 1.807) is 0 Å². The molecule has 0 fully saturated rings. The number of amides is 2. The van der Waals surface area contributed by atoms with Crippen molar-refractivity contribution in [2.75, 3.05) is 19.7 Å². The highest BCUT2D eigenvalue weighted by atomic mass is 16.5. The minimum Gasteiger partial charge on any atom is -0.492 e. The number of hydrogen-bond donors (Lipinski definition) is 3. The van der Waals surface area contributed by atoms with Gasteiger partial charge in [-0.05, 0) is 18.1 Å². The lowest BCUT2D eigenvalue weighted by atomic mass is 9.96. The van der Waals surface area contributed by atoms with Crippen LogP contribution in [0.1, 0.15) is 5.56 Å². The predicted molar refractivity (Wildman–Crippen MR) is 72.8 cm³/mol. The highest BCUT2D eigenvalue weighted by Gasteiger charge is 2.25.